The van der Waals surface area contributed by atoms with Crippen molar-refractivity contribution in [2.75, 3.05) is 21.3 Å². The number of ether oxygens (including phenoxy) is 3. The highest BCUT2D eigenvalue weighted by Gasteiger charge is 2.47. The fraction of sp³-hybridized carbons (Fsp3) is 0.389. The van der Waals surface area contributed by atoms with E-state index in [0.717, 1.165) is 0 Å². The number of amides is 1. The zero-order valence-electron chi connectivity index (χ0n) is 15.2. The van der Waals surface area contributed by atoms with Gasteiger partial charge < -0.3 is 14.2 Å². The van der Waals surface area contributed by atoms with Gasteiger partial charge in [-0.25, -0.2) is 9.79 Å². The van der Waals surface area contributed by atoms with Gasteiger partial charge in [0.25, 0.3) is 0 Å². The lowest BCUT2D eigenvalue weighted by Gasteiger charge is -2.33. The summed E-state index contributed by atoms with van der Waals surface area (Å²) in [6, 6.07) is 4.62. The first-order valence-corrected chi connectivity index (χ1v) is 8.90. The minimum atomic E-state index is -0.666. The van der Waals surface area contributed by atoms with Gasteiger partial charge in [0.2, 0.25) is 5.91 Å². The second-order valence-corrected chi connectivity index (χ2v) is 7.17. The quantitative estimate of drug-likeness (QED) is 0.752. The van der Waals surface area contributed by atoms with Crippen LogP contribution >= 0.6 is 11.8 Å². The van der Waals surface area contributed by atoms with Gasteiger partial charge in [0, 0.05) is 11.6 Å². The van der Waals surface area contributed by atoms with Crippen molar-refractivity contribution in [3.63, 3.8) is 0 Å². The van der Waals surface area contributed by atoms with Crippen molar-refractivity contribution >= 4 is 28.8 Å². The molecule has 1 amide bonds. The van der Waals surface area contributed by atoms with E-state index in [2.05, 4.69) is 4.99 Å². The maximum Gasteiger partial charge on any atom is 0.338 e. The van der Waals surface area contributed by atoms with Gasteiger partial charge in [-0.05, 0) is 26.0 Å². The Balaban J connectivity index is 2.22. The van der Waals surface area contributed by atoms with E-state index in [9.17, 15) is 9.59 Å². The third-order valence-electron chi connectivity index (χ3n) is 4.40. The second kappa shape index (κ2) is 7.03. The summed E-state index contributed by atoms with van der Waals surface area (Å²) in [6.07, 6.45) is 0. The Bertz CT molecular complexity index is 833. The molecule has 2 heterocycles. The molecule has 0 aliphatic carbocycles. The zero-order chi connectivity index (χ0) is 19.0. The Morgan fingerprint density at radius 1 is 1.23 bits per heavy atom. The van der Waals surface area contributed by atoms with Crippen LogP contribution in [0, 0.1) is 0 Å². The first kappa shape index (κ1) is 18.3. The van der Waals surface area contributed by atoms with Gasteiger partial charge in [0.05, 0.1) is 37.8 Å². The molecule has 1 aromatic rings. The van der Waals surface area contributed by atoms with Crippen LogP contribution in [0.15, 0.2) is 34.5 Å². The molecule has 2 aliphatic rings. The number of amidine groups is 1. The van der Waals surface area contributed by atoms with Crippen LogP contribution in [0.2, 0.25) is 0 Å². The maximum absolute atomic E-state index is 12.8. The number of aliphatic imine (C=N–C) groups is 1. The Hall–Kier alpha value is -2.48. The van der Waals surface area contributed by atoms with E-state index in [0.29, 0.717) is 33.5 Å². The highest BCUT2D eigenvalue weighted by Crippen LogP contribution is 2.46. The maximum atomic E-state index is 12.8. The van der Waals surface area contributed by atoms with Gasteiger partial charge >= 0.3 is 5.97 Å². The molecule has 7 nitrogen and oxygen atoms in total. The number of rotatable bonds is 4. The molecule has 1 aromatic carbocycles. The molecule has 0 aromatic heterocycles. The van der Waals surface area contributed by atoms with Crippen LogP contribution in [0.1, 0.15) is 25.5 Å². The molecule has 0 spiro atoms. The fourth-order valence-corrected chi connectivity index (χ4v) is 4.14. The molecule has 2 aliphatic heterocycles. The van der Waals surface area contributed by atoms with Crippen LogP contribution in [0.4, 0.5) is 0 Å². The van der Waals surface area contributed by atoms with Crippen LogP contribution in [-0.2, 0) is 14.3 Å². The van der Waals surface area contributed by atoms with Gasteiger partial charge in [-0.3, -0.25) is 9.69 Å². The number of hydrogen-bond donors (Lipinski definition) is 0. The number of benzene rings is 1. The van der Waals surface area contributed by atoms with Crippen molar-refractivity contribution in [3.05, 3.63) is 35.0 Å². The fourth-order valence-electron chi connectivity index (χ4n) is 3.11. The van der Waals surface area contributed by atoms with Crippen LogP contribution in [-0.4, -0.2) is 48.5 Å². The molecule has 1 fully saturated rings. The minimum Gasteiger partial charge on any atom is -0.497 e. The third kappa shape index (κ3) is 2.84. The van der Waals surface area contributed by atoms with Crippen LogP contribution in [0.3, 0.4) is 0 Å². The summed E-state index contributed by atoms with van der Waals surface area (Å²) in [5, 5.41) is 0.306. The molecule has 26 heavy (non-hydrogen) atoms. The number of thioether (sulfide) groups is 1. The standard InChI is InChI=1S/C18H20N2O5S/c1-9-14(17(22)25-5)15(20-16(21)10(2)26-18(20)19-9)12-7-6-11(23-3)8-13(12)24-4/h6-8,10,15H,1-5H3. The van der Waals surface area contributed by atoms with Crippen molar-refractivity contribution in [2.24, 2.45) is 4.99 Å². The Labute approximate surface area is 156 Å². The van der Waals surface area contributed by atoms with E-state index in [-0.39, 0.29) is 11.2 Å². The van der Waals surface area contributed by atoms with E-state index in [4.69, 9.17) is 14.2 Å². The average Bonchev–Trinajstić information content (AvgIpc) is 2.93. The van der Waals surface area contributed by atoms with E-state index in [1.54, 1.807) is 37.1 Å². The van der Waals surface area contributed by atoms with Gasteiger partial charge in [0.15, 0.2) is 5.17 Å². The number of nitrogens with zero attached hydrogens (tertiary/aromatic N) is 2. The lowest BCUT2D eigenvalue weighted by atomic mass is 9.93. The van der Waals surface area contributed by atoms with Crippen LogP contribution in [0.25, 0.3) is 0 Å². The predicted molar refractivity (Wildman–Crippen MR) is 98.3 cm³/mol. The summed E-state index contributed by atoms with van der Waals surface area (Å²) in [4.78, 5) is 31.3. The highest BCUT2D eigenvalue weighted by atomic mass is 32.2. The molecule has 1 saturated heterocycles. The third-order valence-corrected chi connectivity index (χ3v) is 5.45. The van der Waals surface area contributed by atoms with E-state index in [1.165, 1.54) is 26.0 Å². The summed E-state index contributed by atoms with van der Waals surface area (Å²) in [5.41, 5.74) is 1.52. The molecule has 138 valence electrons. The van der Waals surface area contributed by atoms with Crippen molar-refractivity contribution < 1.29 is 23.8 Å². The monoisotopic (exact) mass is 376 g/mol. The topological polar surface area (TPSA) is 77.4 Å². The number of carbonyl (C=O) groups is 2. The molecule has 0 saturated carbocycles. The smallest absolute Gasteiger partial charge is 0.338 e. The Morgan fingerprint density at radius 2 is 1.96 bits per heavy atom. The van der Waals surface area contributed by atoms with E-state index < -0.39 is 12.0 Å². The molecule has 0 N–H and O–H groups in total. The lowest BCUT2D eigenvalue weighted by Crippen LogP contribution is -2.40. The molecule has 2 unspecified atom stereocenters. The first-order chi connectivity index (χ1) is 12.4. The van der Waals surface area contributed by atoms with Crippen molar-refractivity contribution in [1.29, 1.82) is 0 Å². The normalized spacial score (nSPS) is 22.1. The molecule has 3 rings (SSSR count). The molecular formula is C18H20N2O5S. The molecule has 0 bridgehead atoms. The average molecular weight is 376 g/mol. The van der Waals surface area contributed by atoms with Crippen molar-refractivity contribution in [1.82, 2.24) is 4.90 Å². The number of esters is 1. The van der Waals surface area contributed by atoms with Gasteiger partial charge in [0.1, 0.15) is 17.5 Å². The molecule has 2 atom stereocenters. The molecule has 0 radical (unpaired) electrons. The summed E-state index contributed by atoms with van der Waals surface area (Å²) in [6.45, 7) is 3.57. The number of hydrogen-bond acceptors (Lipinski definition) is 7. The van der Waals surface area contributed by atoms with Crippen molar-refractivity contribution in [2.45, 2.75) is 25.1 Å². The minimum absolute atomic E-state index is 0.106. The summed E-state index contributed by atoms with van der Waals surface area (Å²) >= 11 is 1.38. The Kier molecular flexibility index (Phi) is 4.95. The van der Waals surface area contributed by atoms with Gasteiger partial charge in [-0.15, -0.1) is 0 Å². The van der Waals surface area contributed by atoms with E-state index >= 15 is 0 Å². The van der Waals surface area contributed by atoms with Crippen LogP contribution in [0.5, 0.6) is 11.5 Å². The van der Waals surface area contributed by atoms with Crippen LogP contribution < -0.4 is 9.47 Å². The summed E-state index contributed by atoms with van der Waals surface area (Å²) < 4.78 is 15.7. The molecular weight excluding hydrogens is 356 g/mol. The summed E-state index contributed by atoms with van der Waals surface area (Å²) in [5.74, 6) is 0.504. The Morgan fingerprint density at radius 3 is 2.58 bits per heavy atom. The lowest BCUT2D eigenvalue weighted by molar-refractivity contribution is -0.137. The van der Waals surface area contributed by atoms with Crippen molar-refractivity contribution in [3.8, 4) is 11.5 Å². The highest BCUT2D eigenvalue weighted by molar-refractivity contribution is 8.15. The first-order valence-electron chi connectivity index (χ1n) is 8.02. The van der Waals surface area contributed by atoms with Gasteiger partial charge in [-0.2, -0.15) is 0 Å². The number of allylic oxidation sites excluding steroid dienone is 1. The number of methoxy groups -OCH3 is 3. The van der Waals surface area contributed by atoms with E-state index in [1.807, 2.05) is 6.92 Å². The number of carbonyl (C=O) groups excluding carboxylic acids is 2. The number of fused-ring (bicyclic) bond motifs is 1. The zero-order valence-corrected chi connectivity index (χ0v) is 16.0. The second-order valence-electron chi connectivity index (χ2n) is 5.86. The largest absolute Gasteiger partial charge is 0.497 e. The van der Waals surface area contributed by atoms with Gasteiger partial charge in [-0.1, -0.05) is 11.8 Å². The molecule has 8 heteroatoms. The SMILES string of the molecule is COC(=O)C1=C(C)N=C2SC(C)C(=O)N2C1c1ccc(OC)cc1OC. The summed E-state index contributed by atoms with van der Waals surface area (Å²) in [7, 11) is 4.41. The predicted octanol–water partition coefficient (Wildman–Crippen LogP) is 2.53.